The van der Waals surface area contributed by atoms with Gasteiger partial charge in [0.1, 0.15) is 34.5 Å². The Bertz CT molecular complexity index is 2720. The molecule has 5 aliphatic rings. The van der Waals surface area contributed by atoms with E-state index in [2.05, 4.69) is 37.3 Å². The second kappa shape index (κ2) is 23.4. The molecule has 7 heterocycles. The van der Waals surface area contributed by atoms with E-state index in [9.17, 15) is 28.7 Å². The number of nitrogens with two attached hydrogens (primary N) is 1. The second-order valence-electron chi connectivity index (χ2n) is 22.9. The quantitative estimate of drug-likeness (QED) is 0.0824. The number of benzene rings is 1. The van der Waals surface area contributed by atoms with Crippen LogP contribution in [-0.4, -0.2) is 141 Å². The highest BCUT2D eigenvalue weighted by Gasteiger charge is 2.53. The summed E-state index contributed by atoms with van der Waals surface area (Å²) in [4.78, 5) is 82.8. The first-order chi connectivity index (χ1) is 36.3. The normalized spacial score (nSPS) is 21.3. The van der Waals surface area contributed by atoms with Crippen molar-refractivity contribution in [1.29, 1.82) is 0 Å². The summed E-state index contributed by atoms with van der Waals surface area (Å²) in [5.41, 5.74) is 7.82. The van der Waals surface area contributed by atoms with Crippen molar-refractivity contribution in [2.75, 3.05) is 68.8 Å². The van der Waals surface area contributed by atoms with Crippen LogP contribution in [0.5, 0.6) is 5.75 Å². The third-order valence-corrected chi connectivity index (χ3v) is 18.6. The number of nitrogens with one attached hydrogen (secondary N) is 2. The van der Waals surface area contributed by atoms with Crippen molar-refractivity contribution in [1.82, 2.24) is 40.4 Å². The summed E-state index contributed by atoms with van der Waals surface area (Å²) in [6.45, 7) is 15.2. The lowest BCUT2D eigenvalue weighted by molar-refractivity contribution is -0.145. The smallest absolute Gasteiger partial charge is 0.258 e. The molecule has 0 radical (unpaired) electrons. The van der Waals surface area contributed by atoms with Gasteiger partial charge < -0.3 is 45.8 Å². The molecule has 1 aromatic carbocycles. The molecule has 3 aromatic heterocycles. The second-order valence-corrected chi connectivity index (χ2v) is 25.2. The first kappa shape index (κ1) is 55.6. The van der Waals surface area contributed by atoms with E-state index in [4.69, 9.17) is 32.0 Å². The number of carbonyl (C=O) groups is 4. The molecule has 4 amide bonds. The molecule has 5 N–H and O–H groups in total. The summed E-state index contributed by atoms with van der Waals surface area (Å²) in [7, 11) is 0. The number of alkyl halides is 1. The van der Waals surface area contributed by atoms with Crippen molar-refractivity contribution in [3.63, 3.8) is 0 Å². The SMILES string of the molecule is Cc1ncsc1-c1ccc(CNC(=O)[C@@H]2C[C@@H](O)CN2C(=O)[C@@H](NC(=O)C2(F)CC2)C(C)(C)C)c(OCCC2CCN(C(=O)C3CCN(c4nccc(Sc5cnc(N6CCC(C)(CN)CC6)cn5)c4Cl)CC3)CC2)c1. The van der Waals surface area contributed by atoms with Crippen LogP contribution in [0.1, 0.15) is 103 Å². The number of hydrogen-bond donors (Lipinski definition) is 4. The number of hydrogen-bond acceptors (Lipinski definition) is 15. The Kier molecular flexibility index (Phi) is 17.1. The standard InChI is InChI=1S/C55H73ClFN11O6S2/c1-34-46(75-33-63-34)37-6-7-38(28-62-49(70)40-27-39(69)31-68(40)51(72)47(53(2,3)4)64-52(73)55(57)14-15-55)41(26-37)74-25-13-35-9-19-67(20-10-35)50(71)36-11-21-66(22-12-36)48-45(56)42(8-18-59-48)76-44-30-60-43(29-61-44)65-23-16-54(5,32-58)17-24-65/h6-8,18,26,29-30,33,35-36,39-40,47,69H,9-17,19-25,27-28,31-32,58H2,1-5H3,(H,62,70)(H,64,73)/t39-,40+,47-/m1/s1. The molecule has 17 nitrogen and oxygen atoms in total. The number of aliphatic hydroxyl groups excluding tert-OH is 1. The van der Waals surface area contributed by atoms with Crippen LogP contribution in [0.25, 0.3) is 10.4 Å². The zero-order valence-corrected chi connectivity index (χ0v) is 46.8. The molecule has 3 atom stereocenters. The predicted octanol–water partition coefficient (Wildman–Crippen LogP) is 7.21. The minimum atomic E-state index is -1.98. The molecule has 1 saturated carbocycles. The van der Waals surface area contributed by atoms with Crippen molar-refractivity contribution >= 4 is 70.0 Å². The highest BCUT2D eigenvalue weighted by Crippen LogP contribution is 2.42. The van der Waals surface area contributed by atoms with Crippen LogP contribution in [-0.2, 0) is 25.7 Å². The minimum absolute atomic E-state index is 0.0253. The van der Waals surface area contributed by atoms with Gasteiger partial charge in [0, 0.05) is 81.4 Å². The molecule has 4 aliphatic heterocycles. The number of anilines is 2. The Labute approximate surface area is 458 Å². The molecule has 9 rings (SSSR count). The lowest BCUT2D eigenvalue weighted by atomic mass is 9.80. The van der Waals surface area contributed by atoms with Gasteiger partial charge in [-0.15, -0.1) is 11.3 Å². The van der Waals surface area contributed by atoms with Crippen molar-refractivity contribution in [2.24, 2.45) is 28.4 Å². The van der Waals surface area contributed by atoms with E-state index in [0.29, 0.717) is 56.0 Å². The van der Waals surface area contributed by atoms with Gasteiger partial charge in [0.15, 0.2) is 5.67 Å². The van der Waals surface area contributed by atoms with Gasteiger partial charge in [0.25, 0.3) is 5.91 Å². The minimum Gasteiger partial charge on any atom is -0.493 e. The summed E-state index contributed by atoms with van der Waals surface area (Å²) in [5, 5.41) is 17.6. The van der Waals surface area contributed by atoms with Gasteiger partial charge >= 0.3 is 0 Å². The summed E-state index contributed by atoms with van der Waals surface area (Å²) in [6.07, 6.45) is 10.7. The number of piperidine rings is 3. The number of halogens is 2. The number of rotatable bonds is 17. The van der Waals surface area contributed by atoms with Crippen molar-refractivity contribution < 1.29 is 33.4 Å². The van der Waals surface area contributed by atoms with Gasteiger partial charge in [-0.05, 0) is 106 Å². The van der Waals surface area contributed by atoms with Gasteiger partial charge in [-0.3, -0.25) is 19.2 Å². The zero-order valence-electron chi connectivity index (χ0n) is 44.4. The maximum Gasteiger partial charge on any atom is 0.258 e. The average molecular weight is 1100 g/mol. The molecular weight excluding hydrogens is 1030 g/mol. The number of likely N-dealkylation sites (tertiary alicyclic amines) is 2. The molecule has 0 unspecified atom stereocenters. The fraction of sp³-hybridized carbons (Fsp3) is 0.600. The molecular formula is C55H73ClFN11O6S2. The van der Waals surface area contributed by atoms with E-state index in [1.54, 1.807) is 38.7 Å². The Morgan fingerprint density at radius 1 is 0.974 bits per heavy atom. The monoisotopic (exact) mass is 1100 g/mol. The third-order valence-electron chi connectivity index (χ3n) is 16.2. The van der Waals surface area contributed by atoms with Gasteiger partial charge in [-0.1, -0.05) is 63.2 Å². The van der Waals surface area contributed by atoms with Crippen LogP contribution in [0, 0.1) is 29.6 Å². The highest BCUT2D eigenvalue weighted by molar-refractivity contribution is 7.99. The van der Waals surface area contributed by atoms with Crippen LogP contribution in [0.15, 0.2) is 58.3 Å². The van der Waals surface area contributed by atoms with Crippen molar-refractivity contribution in [3.8, 4) is 16.2 Å². The molecule has 4 saturated heterocycles. The van der Waals surface area contributed by atoms with Crippen LogP contribution in [0.2, 0.25) is 5.02 Å². The maximum atomic E-state index is 14.7. The Balaban J connectivity index is 0.749. The molecule has 4 aromatic rings. The van der Waals surface area contributed by atoms with Gasteiger partial charge in [0.05, 0.1) is 46.2 Å². The molecule has 76 heavy (non-hydrogen) atoms. The molecule has 410 valence electrons. The Hall–Kier alpha value is -5.15. The Morgan fingerprint density at radius 3 is 2.36 bits per heavy atom. The first-order valence-electron chi connectivity index (χ1n) is 26.9. The average Bonchev–Trinajstić information content (AvgIpc) is 3.83. The van der Waals surface area contributed by atoms with Crippen LogP contribution >= 0.6 is 34.7 Å². The largest absolute Gasteiger partial charge is 0.493 e. The summed E-state index contributed by atoms with van der Waals surface area (Å²) < 4.78 is 21.2. The summed E-state index contributed by atoms with van der Waals surface area (Å²) >= 11 is 10.0. The number of aryl methyl sites for hydroxylation is 1. The Morgan fingerprint density at radius 2 is 1.71 bits per heavy atom. The van der Waals surface area contributed by atoms with Gasteiger partial charge in [-0.25, -0.2) is 24.3 Å². The van der Waals surface area contributed by atoms with E-state index in [-0.39, 0.29) is 49.6 Å². The van der Waals surface area contributed by atoms with E-state index in [0.717, 1.165) is 101 Å². The summed E-state index contributed by atoms with van der Waals surface area (Å²) in [6, 6.07) is 5.68. The number of thiazole rings is 1. The topological polar surface area (TPSA) is 212 Å². The number of carbonyl (C=O) groups excluding carboxylic acids is 4. The molecule has 21 heteroatoms. The number of β-amino-alcohol motifs (C(OH)–C–C–N with tert-alkyl or cyclic N) is 1. The van der Waals surface area contributed by atoms with Gasteiger partial charge in [0.2, 0.25) is 17.7 Å². The number of aliphatic hydroxyl groups is 1. The summed E-state index contributed by atoms with van der Waals surface area (Å²) in [5.74, 6) is 0.900. The van der Waals surface area contributed by atoms with E-state index >= 15 is 0 Å². The third kappa shape index (κ3) is 12.9. The highest BCUT2D eigenvalue weighted by atomic mass is 35.5. The number of aromatic nitrogens is 4. The fourth-order valence-electron chi connectivity index (χ4n) is 10.8. The van der Waals surface area contributed by atoms with Gasteiger partial charge in [-0.2, -0.15) is 0 Å². The van der Waals surface area contributed by atoms with Crippen LogP contribution in [0.4, 0.5) is 16.0 Å². The van der Waals surface area contributed by atoms with Crippen molar-refractivity contribution in [3.05, 3.63) is 64.6 Å². The molecule has 0 spiro atoms. The number of amides is 4. The lowest BCUT2D eigenvalue weighted by Crippen LogP contribution is -2.59. The van der Waals surface area contributed by atoms with Crippen molar-refractivity contribution in [2.45, 2.75) is 139 Å². The predicted molar refractivity (Wildman–Crippen MR) is 293 cm³/mol. The number of nitrogens with zero attached hydrogens (tertiary/aromatic N) is 8. The lowest BCUT2D eigenvalue weighted by Gasteiger charge is -2.39. The molecule has 1 aliphatic carbocycles. The maximum absolute atomic E-state index is 14.7. The fourth-order valence-corrected chi connectivity index (χ4v) is 12.7. The zero-order chi connectivity index (χ0) is 53.9. The van der Waals surface area contributed by atoms with E-state index in [1.165, 1.54) is 28.0 Å². The molecule has 5 fully saturated rings. The van der Waals surface area contributed by atoms with E-state index < -0.39 is 47.0 Å². The molecule has 0 bridgehead atoms. The number of ether oxygens (including phenoxy) is 1. The van der Waals surface area contributed by atoms with E-state index in [1.807, 2.05) is 42.3 Å². The van der Waals surface area contributed by atoms with Crippen LogP contribution in [0.3, 0.4) is 0 Å². The van der Waals surface area contributed by atoms with Crippen LogP contribution < -0.4 is 30.9 Å². The number of pyridine rings is 1. The first-order valence-corrected chi connectivity index (χ1v) is 28.9.